The highest BCUT2D eigenvalue weighted by molar-refractivity contribution is 5.97. The number of morpholine rings is 1. The molecule has 2 heterocycles. The van der Waals surface area contributed by atoms with Crippen LogP contribution in [0.15, 0.2) is 42.5 Å². The van der Waals surface area contributed by atoms with Crippen LogP contribution in [0.5, 0.6) is 5.75 Å². The van der Waals surface area contributed by atoms with E-state index < -0.39 is 29.8 Å². The second-order valence-corrected chi connectivity index (χ2v) is 8.07. The molecule has 2 fully saturated rings. The third kappa shape index (κ3) is 5.69. The van der Waals surface area contributed by atoms with Crippen LogP contribution >= 0.6 is 0 Å². The minimum atomic E-state index is -0.787. The molecule has 35 heavy (non-hydrogen) atoms. The van der Waals surface area contributed by atoms with Gasteiger partial charge in [0.2, 0.25) is 5.91 Å². The molecule has 1 atom stereocenters. The van der Waals surface area contributed by atoms with E-state index in [1.54, 1.807) is 12.1 Å². The fourth-order valence-electron chi connectivity index (χ4n) is 3.86. The van der Waals surface area contributed by atoms with Crippen molar-refractivity contribution in [3.05, 3.63) is 59.4 Å². The van der Waals surface area contributed by atoms with Gasteiger partial charge in [-0.1, -0.05) is 6.07 Å². The first-order chi connectivity index (χ1) is 16.8. The Kier molecular flexibility index (Phi) is 7.16. The van der Waals surface area contributed by atoms with Crippen molar-refractivity contribution >= 4 is 35.4 Å². The lowest BCUT2D eigenvalue weighted by molar-refractivity contribution is -0.116. The summed E-state index contributed by atoms with van der Waals surface area (Å²) in [5.74, 6) is -1.92. The van der Waals surface area contributed by atoms with Crippen LogP contribution < -0.4 is 20.9 Å². The quantitative estimate of drug-likeness (QED) is 0.509. The summed E-state index contributed by atoms with van der Waals surface area (Å²) in [5, 5.41) is 12.3. The molecule has 2 aliphatic heterocycles. The van der Waals surface area contributed by atoms with E-state index in [0.717, 1.165) is 0 Å². The van der Waals surface area contributed by atoms with Gasteiger partial charge in [-0.2, -0.15) is 0 Å². The van der Waals surface area contributed by atoms with Crippen molar-refractivity contribution in [3.63, 3.8) is 0 Å². The Morgan fingerprint density at radius 2 is 1.97 bits per heavy atom. The highest BCUT2D eigenvalue weighted by atomic mass is 19.1. The van der Waals surface area contributed by atoms with Gasteiger partial charge in [-0.15, -0.1) is 0 Å². The number of primary amides is 1. The van der Waals surface area contributed by atoms with Gasteiger partial charge in [0.05, 0.1) is 43.2 Å². The predicted molar refractivity (Wildman–Crippen MR) is 126 cm³/mol. The number of halogens is 1. The Hall–Kier alpha value is -4.12. The largest absolute Gasteiger partial charge is 0.507 e. The fraction of sp³-hybridized carbons (Fsp3) is 0.292. The highest BCUT2D eigenvalue weighted by Gasteiger charge is 2.33. The van der Waals surface area contributed by atoms with Gasteiger partial charge < -0.3 is 30.5 Å². The summed E-state index contributed by atoms with van der Waals surface area (Å²) in [5.41, 5.74) is 6.46. The van der Waals surface area contributed by atoms with Crippen molar-refractivity contribution in [2.24, 2.45) is 5.73 Å². The number of nitrogens with two attached hydrogens (primary N) is 1. The fourth-order valence-corrected chi connectivity index (χ4v) is 3.86. The molecule has 4 N–H and O–H groups in total. The number of rotatable bonds is 7. The number of hydrogen-bond donors (Lipinski definition) is 3. The molecule has 10 nitrogen and oxygen atoms in total. The van der Waals surface area contributed by atoms with Gasteiger partial charge in [-0.25, -0.2) is 9.18 Å². The standard InChI is InChI=1S/C24H25FN4O6/c25-19-12-16(3-4-20(19)28-7-9-34-10-8-28)29-14-17(35-24(29)33)13-27-22(31)6-2-15-1-5-21(30)18(11-15)23(26)32/h1-6,11-12,17,30H,7-10,13-14H2,(H2,26,32)(H,27,31)/t17-/m0/s1. The molecule has 0 aromatic heterocycles. The molecule has 2 aliphatic rings. The zero-order valence-corrected chi connectivity index (χ0v) is 18.8. The van der Waals surface area contributed by atoms with Crippen molar-refractivity contribution < 1.29 is 33.4 Å². The molecular formula is C24H25FN4O6. The maximum Gasteiger partial charge on any atom is 0.414 e. The van der Waals surface area contributed by atoms with Crippen LogP contribution in [0.3, 0.4) is 0 Å². The van der Waals surface area contributed by atoms with Crippen LogP contribution in [-0.4, -0.2) is 68.5 Å². The number of phenols is 1. The van der Waals surface area contributed by atoms with Gasteiger partial charge in [0.25, 0.3) is 5.91 Å². The number of anilines is 2. The van der Waals surface area contributed by atoms with Gasteiger partial charge in [0.1, 0.15) is 17.7 Å². The summed E-state index contributed by atoms with van der Waals surface area (Å²) in [6.45, 7) is 2.47. The highest BCUT2D eigenvalue weighted by Crippen LogP contribution is 2.28. The second-order valence-electron chi connectivity index (χ2n) is 8.07. The average Bonchev–Trinajstić information content (AvgIpc) is 3.23. The molecular weight excluding hydrogens is 459 g/mol. The molecule has 184 valence electrons. The normalized spacial score (nSPS) is 18.1. The molecule has 11 heteroatoms. The van der Waals surface area contributed by atoms with Crippen LogP contribution in [0.1, 0.15) is 15.9 Å². The van der Waals surface area contributed by atoms with Crippen LogP contribution in [-0.2, 0) is 14.3 Å². The minimum Gasteiger partial charge on any atom is -0.507 e. The van der Waals surface area contributed by atoms with Gasteiger partial charge in [-0.3, -0.25) is 14.5 Å². The van der Waals surface area contributed by atoms with E-state index >= 15 is 0 Å². The molecule has 2 aromatic carbocycles. The Balaban J connectivity index is 1.32. The Morgan fingerprint density at radius 1 is 1.20 bits per heavy atom. The number of hydrogen-bond acceptors (Lipinski definition) is 7. The van der Waals surface area contributed by atoms with Gasteiger partial charge in [-0.05, 0) is 42.0 Å². The summed E-state index contributed by atoms with van der Waals surface area (Å²) in [6.07, 6.45) is 1.46. The lowest BCUT2D eigenvalue weighted by Crippen LogP contribution is -2.36. The Labute approximate surface area is 200 Å². The molecule has 4 rings (SSSR count). The first kappa shape index (κ1) is 24.0. The zero-order valence-electron chi connectivity index (χ0n) is 18.8. The maximum atomic E-state index is 14.7. The summed E-state index contributed by atoms with van der Waals surface area (Å²) in [4.78, 5) is 39.0. The number of nitrogens with one attached hydrogen (secondary N) is 1. The van der Waals surface area contributed by atoms with E-state index in [0.29, 0.717) is 43.2 Å². The van der Waals surface area contributed by atoms with Crippen molar-refractivity contribution in [1.82, 2.24) is 5.32 Å². The summed E-state index contributed by atoms with van der Waals surface area (Å²) >= 11 is 0. The Bertz CT molecular complexity index is 1160. The lowest BCUT2D eigenvalue weighted by atomic mass is 10.1. The number of amides is 3. The topological polar surface area (TPSA) is 134 Å². The van der Waals surface area contributed by atoms with E-state index in [4.69, 9.17) is 15.2 Å². The number of cyclic esters (lactones) is 1. The van der Waals surface area contributed by atoms with Gasteiger partial charge >= 0.3 is 6.09 Å². The number of aromatic hydroxyl groups is 1. The number of nitrogens with zero attached hydrogens (tertiary/aromatic N) is 2. The monoisotopic (exact) mass is 484 g/mol. The van der Waals surface area contributed by atoms with Crippen molar-refractivity contribution in [1.29, 1.82) is 0 Å². The van der Waals surface area contributed by atoms with Crippen LogP contribution in [0.25, 0.3) is 6.08 Å². The van der Waals surface area contributed by atoms with E-state index in [1.807, 2.05) is 4.90 Å². The van der Waals surface area contributed by atoms with E-state index in [-0.39, 0.29) is 24.4 Å². The van der Waals surface area contributed by atoms with Crippen molar-refractivity contribution in [2.75, 3.05) is 49.2 Å². The predicted octanol–water partition coefficient (Wildman–Crippen LogP) is 1.62. The molecule has 0 bridgehead atoms. The van der Waals surface area contributed by atoms with E-state index in [2.05, 4.69) is 5.32 Å². The SMILES string of the molecule is NC(=O)c1cc(C=CC(=O)NC[C@H]2CN(c3ccc(N4CCOCC4)c(F)c3)C(=O)O2)ccc1O. The molecule has 0 radical (unpaired) electrons. The van der Waals surface area contributed by atoms with Crippen LogP contribution in [0.2, 0.25) is 0 Å². The van der Waals surface area contributed by atoms with E-state index in [1.165, 1.54) is 41.3 Å². The minimum absolute atomic E-state index is 0.0556. The van der Waals surface area contributed by atoms with E-state index in [9.17, 15) is 23.9 Å². The molecule has 0 saturated carbocycles. The molecule has 2 aromatic rings. The molecule has 0 aliphatic carbocycles. The summed E-state index contributed by atoms with van der Waals surface area (Å²) in [6, 6.07) is 8.79. The zero-order chi connectivity index (χ0) is 24.9. The lowest BCUT2D eigenvalue weighted by Gasteiger charge is -2.29. The first-order valence-electron chi connectivity index (χ1n) is 11.0. The number of carbonyl (C=O) groups is 3. The second kappa shape index (κ2) is 10.4. The molecule has 0 spiro atoms. The molecule has 3 amide bonds. The summed E-state index contributed by atoms with van der Waals surface area (Å²) < 4.78 is 25.3. The number of benzene rings is 2. The Morgan fingerprint density at radius 3 is 2.69 bits per heavy atom. The van der Waals surface area contributed by atoms with Crippen molar-refractivity contribution in [2.45, 2.75) is 6.10 Å². The third-order valence-corrected chi connectivity index (χ3v) is 5.69. The molecule has 2 saturated heterocycles. The van der Waals surface area contributed by atoms with Crippen molar-refractivity contribution in [3.8, 4) is 5.75 Å². The average molecular weight is 484 g/mol. The maximum absolute atomic E-state index is 14.7. The summed E-state index contributed by atoms with van der Waals surface area (Å²) in [7, 11) is 0. The molecule has 0 unspecified atom stereocenters. The van der Waals surface area contributed by atoms with Crippen LogP contribution in [0.4, 0.5) is 20.6 Å². The van der Waals surface area contributed by atoms with Crippen LogP contribution in [0, 0.1) is 5.82 Å². The number of carbonyl (C=O) groups excluding carboxylic acids is 3. The van der Waals surface area contributed by atoms with Gasteiger partial charge in [0, 0.05) is 19.2 Å². The van der Waals surface area contributed by atoms with Gasteiger partial charge in [0.15, 0.2) is 0 Å². The third-order valence-electron chi connectivity index (χ3n) is 5.69. The number of ether oxygens (including phenoxy) is 2. The smallest absolute Gasteiger partial charge is 0.414 e. The first-order valence-corrected chi connectivity index (χ1v) is 11.0.